The van der Waals surface area contributed by atoms with E-state index >= 15 is 0 Å². The fraction of sp³-hybridized carbons (Fsp3) is 0.375. The van der Waals surface area contributed by atoms with E-state index in [1.807, 2.05) is 5.32 Å². The third kappa shape index (κ3) is 6.69. The molecule has 0 unspecified atom stereocenters. The standard InChI is InChI=1S/C24H29N5O6/c1-3-34-18(30)12-11-17(23(33)35-4-2)27-21(31)15-8-5-14(6-9-15)7-10-16-13-26-20-19(16)22(32)29-24(25)28-20/h5-6,8-9,13,17H,3-4,7,10-12H2,1-2H3,(H,27,31)(H4,25,26,28,29,32)/t17-/m0/s1/i11D2,12D2,17D. The van der Waals surface area contributed by atoms with Crippen molar-refractivity contribution in [2.45, 2.75) is 45.5 Å². The van der Waals surface area contributed by atoms with Gasteiger partial charge >= 0.3 is 11.9 Å². The first-order valence-corrected chi connectivity index (χ1v) is 10.8. The number of rotatable bonds is 11. The molecule has 1 amide bonds. The van der Waals surface area contributed by atoms with E-state index in [1.54, 1.807) is 18.3 Å². The van der Waals surface area contributed by atoms with E-state index in [4.69, 9.17) is 17.3 Å². The Morgan fingerprint density at radius 3 is 2.57 bits per heavy atom. The van der Waals surface area contributed by atoms with Crippen molar-refractivity contribution < 1.29 is 30.7 Å². The zero-order valence-electron chi connectivity index (χ0n) is 24.2. The maximum Gasteiger partial charge on any atom is 0.328 e. The number of carbonyl (C=O) groups excluding carboxylic acids is 3. The Morgan fingerprint density at radius 1 is 1.17 bits per heavy atom. The number of aromatic nitrogens is 3. The summed E-state index contributed by atoms with van der Waals surface area (Å²) in [4.78, 5) is 59.5. The van der Waals surface area contributed by atoms with Gasteiger partial charge in [0.2, 0.25) is 5.95 Å². The summed E-state index contributed by atoms with van der Waals surface area (Å²) in [7, 11) is 0. The number of H-pyrrole nitrogens is 2. The molecule has 0 saturated heterocycles. The number of ether oxygens (including phenoxy) is 2. The lowest BCUT2D eigenvalue weighted by molar-refractivity contribution is -0.146. The number of hydrogen-bond donors (Lipinski definition) is 4. The molecule has 2 aromatic heterocycles. The second-order valence-electron chi connectivity index (χ2n) is 7.21. The second kappa shape index (κ2) is 11.8. The van der Waals surface area contributed by atoms with Crippen LogP contribution in [0.3, 0.4) is 0 Å². The highest BCUT2D eigenvalue weighted by atomic mass is 16.5. The van der Waals surface area contributed by atoms with E-state index in [0.717, 1.165) is 5.56 Å². The summed E-state index contributed by atoms with van der Waals surface area (Å²) >= 11 is 0. The molecule has 11 nitrogen and oxygen atoms in total. The fourth-order valence-electron chi connectivity index (χ4n) is 3.22. The molecule has 0 radical (unpaired) electrons. The highest BCUT2D eigenvalue weighted by Gasteiger charge is 2.24. The van der Waals surface area contributed by atoms with Crippen molar-refractivity contribution in [1.82, 2.24) is 20.3 Å². The van der Waals surface area contributed by atoms with Crippen molar-refractivity contribution in [3.63, 3.8) is 0 Å². The molecule has 0 spiro atoms. The first-order chi connectivity index (χ1) is 18.7. The van der Waals surface area contributed by atoms with Gasteiger partial charge < -0.3 is 25.5 Å². The normalized spacial score (nSPS) is 15.5. The molecule has 0 fully saturated rings. The predicted molar refractivity (Wildman–Crippen MR) is 129 cm³/mol. The molecule has 3 aromatic rings. The first kappa shape index (κ1) is 19.2. The second-order valence-corrected chi connectivity index (χ2v) is 7.21. The summed E-state index contributed by atoms with van der Waals surface area (Å²) in [6, 6.07) is 2.57. The van der Waals surface area contributed by atoms with Crippen LogP contribution < -0.4 is 16.6 Å². The topological polar surface area (TPSA) is 169 Å². The monoisotopic (exact) mass is 488 g/mol. The lowest BCUT2D eigenvalue weighted by Gasteiger charge is -2.17. The van der Waals surface area contributed by atoms with Crippen molar-refractivity contribution in [3.8, 4) is 0 Å². The van der Waals surface area contributed by atoms with Crippen LogP contribution in [-0.2, 0) is 31.9 Å². The van der Waals surface area contributed by atoms with Crippen LogP contribution in [-0.4, -0.2) is 52.0 Å². The van der Waals surface area contributed by atoms with Gasteiger partial charge in [-0.1, -0.05) is 12.1 Å². The number of aryl methyl sites for hydroxylation is 2. The van der Waals surface area contributed by atoms with E-state index in [-0.39, 0.29) is 30.3 Å². The molecule has 35 heavy (non-hydrogen) atoms. The number of amides is 1. The van der Waals surface area contributed by atoms with Crippen LogP contribution in [0.15, 0.2) is 35.3 Å². The lowest BCUT2D eigenvalue weighted by atomic mass is 10.0. The Hall–Kier alpha value is -4.15. The summed E-state index contributed by atoms with van der Waals surface area (Å²) in [6.45, 7) is 2.18. The average Bonchev–Trinajstić information content (AvgIpc) is 3.30. The van der Waals surface area contributed by atoms with Crippen molar-refractivity contribution in [2.75, 3.05) is 18.9 Å². The molecule has 1 atom stereocenters. The maximum absolute atomic E-state index is 13.0. The molecule has 0 saturated carbocycles. The first-order valence-electron chi connectivity index (χ1n) is 13.3. The van der Waals surface area contributed by atoms with Gasteiger partial charge in [-0.05, 0) is 56.3 Å². The summed E-state index contributed by atoms with van der Waals surface area (Å²) in [5, 5.41) is 2.30. The van der Waals surface area contributed by atoms with Gasteiger partial charge in [0, 0.05) is 23.6 Å². The number of carbonyl (C=O) groups is 3. The van der Waals surface area contributed by atoms with Gasteiger partial charge in [-0.3, -0.25) is 19.4 Å². The molecule has 0 aliphatic carbocycles. The van der Waals surface area contributed by atoms with Gasteiger partial charge in [0.25, 0.3) is 11.5 Å². The molecule has 2 heterocycles. The molecule has 1 aromatic carbocycles. The third-order valence-electron chi connectivity index (χ3n) is 4.82. The smallest absolute Gasteiger partial charge is 0.328 e. The minimum atomic E-state index is -3.61. The molecule has 11 heteroatoms. The largest absolute Gasteiger partial charge is 0.466 e. The number of nitrogens with one attached hydrogen (secondary N) is 3. The number of benzene rings is 1. The van der Waals surface area contributed by atoms with Crippen molar-refractivity contribution in [2.24, 2.45) is 0 Å². The molecule has 0 aliphatic heterocycles. The minimum Gasteiger partial charge on any atom is -0.466 e. The SMILES string of the molecule is [2H]C([2H])(C(=O)OCC)C([2H])([2H])[C@]([2H])(NC(=O)c1ccc(CCc2c[nH]c3nc(N)[nH]c(=O)c23)cc1)C(=O)OCC. The number of aromatic amines is 2. The minimum absolute atomic E-state index is 0.00970. The third-order valence-corrected chi connectivity index (χ3v) is 4.82. The number of anilines is 1. The predicted octanol–water partition coefficient (Wildman–Crippen LogP) is 1.62. The lowest BCUT2D eigenvalue weighted by Crippen LogP contribution is -2.42. The number of nitrogen functional groups attached to an aromatic ring is 1. The van der Waals surface area contributed by atoms with Crippen molar-refractivity contribution in [1.29, 1.82) is 0 Å². The van der Waals surface area contributed by atoms with Gasteiger partial charge in [-0.2, -0.15) is 4.98 Å². The number of esters is 2. The average molecular weight is 489 g/mol. The van der Waals surface area contributed by atoms with Gasteiger partial charge in [0.15, 0.2) is 0 Å². The molecule has 0 bridgehead atoms. The van der Waals surface area contributed by atoms with E-state index in [0.29, 0.717) is 29.4 Å². The fourth-order valence-corrected chi connectivity index (χ4v) is 3.22. The maximum atomic E-state index is 13.0. The summed E-state index contributed by atoms with van der Waals surface area (Å²) in [5.41, 5.74) is 6.94. The highest BCUT2D eigenvalue weighted by Crippen LogP contribution is 2.16. The Morgan fingerprint density at radius 2 is 1.89 bits per heavy atom. The van der Waals surface area contributed by atoms with Crippen LogP contribution in [0.5, 0.6) is 0 Å². The zero-order chi connectivity index (χ0) is 29.9. The highest BCUT2D eigenvalue weighted by molar-refractivity contribution is 5.96. The molecule has 5 N–H and O–H groups in total. The van der Waals surface area contributed by atoms with Crippen molar-refractivity contribution >= 4 is 34.8 Å². The molecule has 186 valence electrons. The van der Waals surface area contributed by atoms with Crippen LogP contribution in [0.1, 0.15) is 54.9 Å². The molecular formula is C24H29N5O6. The van der Waals surface area contributed by atoms with E-state index in [2.05, 4.69) is 19.7 Å². The number of fused-ring (bicyclic) bond motifs is 1. The zero-order valence-corrected chi connectivity index (χ0v) is 19.2. The number of hydrogen-bond acceptors (Lipinski definition) is 8. The van der Waals surface area contributed by atoms with Gasteiger partial charge in [-0.25, -0.2) is 4.79 Å². The Bertz CT molecular complexity index is 1470. The van der Waals surface area contributed by atoms with Crippen LogP contribution in [0.4, 0.5) is 5.95 Å². The van der Waals surface area contributed by atoms with E-state index < -0.39 is 36.6 Å². The molecular weight excluding hydrogens is 454 g/mol. The molecule has 3 rings (SSSR count). The van der Waals surface area contributed by atoms with E-state index in [1.165, 1.54) is 26.0 Å². The van der Waals surface area contributed by atoms with E-state index in [9.17, 15) is 19.2 Å². The van der Waals surface area contributed by atoms with Crippen LogP contribution in [0, 0.1) is 0 Å². The summed E-state index contributed by atoms with van der Waals surface area (Å²) in [6.07, 6.45) is -4.54. The Balaban J connectivity index is 1.81. The van der Waals surface area contributed by atoms with Crippen LogP contribution in [0.25, 0.3) is 11.0 Å². The Kier molecular flexibility index (Phi) is 6.48. The van der Waals surface area contributed by atoms with Crippen molar-refractivity contribution in [3.05, 3.63) is 57.5 Å². The number of nitrogens with two attached hydrogens (primary N) is 1. The Labute approximate surface area is 208 Å². The van der Waals surface area contributed by atoms with Gasteiger partial charge in [0.1, 0.15) is 11.7 Å². The summed E-state index contributed by atoms with van der Waals surface area (Å²) in [5.74, 6) is -4.33. The van der Waals surface area contributed by atoms with Gasteiger partial charge in [-0.15, -0.1) is 0 Å². The van der Waals surface area contributed by atoms with Crippen LogP contribution >= 0.6 is 0 Å². The van der Waals surface area contributed by atoms with Crippen LogP contribution in [0.2, 0.25) is 0 Å². The molecule has 0 aliphatic rings. The number of nitrogens with zero attached hydrogens (tertiary/aromatic N) is 1. The quantitative estimate of drug-likeness (QED) is 0.295. The summed E-state index contributed by atoms with van der Waals surface area (Å²) < 4.78 is 50.3. The van der Waals surface area contributed by atoms with Gasteiger partial charge in [0.05, 0.1) is 20.0 Å².